The van der Waals surface area contributed by atoms with Crippen LogP contribution in [-0.4, -0.2) is 53.6 Å². The number of H-pyrrole nitrogens is 1. The molecule has 6 heteroatoms. The Morgan fingerprint density at radius 1 is 1.40 bits per heavy atom. The van der Waals surface area contributed by atoms with E-state index in [1.165, 1.54) is 24.1 Å². The predicted octanol–water partition coefficient (Wildman–Crippen LogP) is 1.93. The van der Waals surface area contributed by atoms with Gasteiger partial charge in [-0.1, -0.05) is 11.6 Å². The highest BCUT2D eigenvalue weighted by Crippen LogP contribution is 2.42. The van der Waals surface area contributed by atoms with Gasteiger partial charge in [0.15, 0.2) is 5.15 Å². The van der Waals surface area contributed by atoms with Crippen LogP contribution >= 0.6 is 11.6 Å². The van der Waals surface area contributed by atoms with E-state index >= 15 is 0 Å². The lowest BCUT2D eigenvalue weighted by atomic mass is 10.0. The van der Waals surface area contributed by atoms with Crippen molar-refractivity contribution in [3.63, 3.8) is 0 Å². The van der Waals surface area contributed by atoms with Crippen LogP contribution in [0, 0.1) is 0 Å². The van der Waals surface area contributed by atoms with Gasteiger partial charge in [-0.05, 0) is 19.3 Å². The third-order valence-corrected chi connectivity index (χ3v) is 4.93. The molecule has 1 unspecified atom stereocenters. The second kappa shape index (κ2) is 4.98. The quantitative estimate of drug-likeness (QED) is 0.926. The van der Waals surface area contributed by atoms with Crippen LogP contribution in [-0.2, 0) is 16.0 Å². The fourth-order valence-corrected chi connectivity index (χ4v) is 3.56. The van der Waals surface area contributed by atoms with Crippen LogP contribution < -0.4 is 0 Å². The van der Waals surface area contributed by atoms with Crippen LogP contribution in [0.4, 0.5) is 0 Å². The Morgan fingerprint density at radius 2 is 2.30 bits per heavy atom. The Bertz CT molecular complexity index is 495. The third kappa shape index (κ3) is 2.37. The largest absolute Gasteiger partial charge is 0.376 e. The second-order valence-corrected chi connectivity index (χ2v) is 6.58. The van der Waals surface area contributed by atoms with Gasteiger partial charge in [0.1, 0.15) is 5.60 Å². The van der Waals surface area contributed by atoms with E-state index in [4.69, 9.17) is 21.1 Å². The number of hydrogen-bond acceptors (Lipinski definition) is 4. The van der Waals surface area contributed by atoms with Gasteiger partial charge < -0.3 is 9.47 Å². The molecule has 2 saturated heterocycles. The van der Waals surface area contributed by atoms with E-state index in [-0.39, 0.29) is 5.60 Å². The highest BCUT2D eigenvalue weighted by molar-refractivity contribution is 6.30. The normalized spacial score (nSPS) is 31.2. The first-order chi connectivity index (χ1) is 9.76. The Hall–Kier alpha value is -0.620. The molecule has 2 aliphatic heterocycles. The summed E-state index contributed by atoms with van der Waals surface area (Å²) in [6.45, 7) is 4.99. The van der Waals surface area contributed by atoms with Crippen molar-refractivity contribution in [3.8, 4) is 0 Å². The maximum Gasteiger partial charge on any atom is 0.155 e. The van der Waals surface area contributed by atoms with Crippen molar-refractivity contribution >= 4 is 11.6 Å². The number of likely N-dealkylation sites (tertiary alicyclic amines) is 1. The number of aromatic nitrogens is 2. The summed E-state index contributed by atoms with van der Waals surface area (Å²) in [6, 6.07) is 0. The topological polar surface area (TPSA) is 50.4 Å². The molecule has 1 saturated carbocycles. The van der Waals surface area contributed by atoms with E-state index in [0.717, 1.165) is 39.3 Å². The van der Waals surface area contributed by atoms with E-state index < -0.39 is 0 Å². The van der Waals surface area contributed by atoms with Crippen molar-refractivity contribution in [2.75, 3.05) is 32.9 Å². The van der Waals surface area contributed by atoms with Crippen LogP contribution in [0.3, 0.4) is 0 Å². The van der Waals surface area contributed by atoms with E-state index in [1.807, 2.05) is 0 Å². The van der Waals surface area contributed by atoms with Gasteiger partial charge in [0.05, 0.1) is 19.8 Å². The first-order valence-corrected chi connectivity index (χ1v) is 7.80. The maximum atomic E-state index is 6.25. The van der Waals surface area contributed by atoms with Crippen molar-refractivity contribution < 1.29 is 9.47 Å². The first kappa shape index (κ1) is 13.1. The minimum atomic E-state index is -0.0891. The minimum absolute atomic E-state index is 0.0891. The molecule has 0 amide bonds. The number of halogens is 1. The van der Waals surface area contributed by atoms with Crippen molar-refractivity contribution in [1.29, 1.82) is 0 Å². The van der Waals surface area contributed by atoms with Gasteiger partial charge in [-0.3, -0.25) is 10.00 Å². The van der Waals surface area contributed by atoms with E-state index in [2.05, 4.69) is 15.1 Å². The van der Waals surface area contributed by atoms with Crippen molar-refractivity contribution in [1.82, 2.24) is 15.1 Å². The summed E-state index contributed by atoms with van der Waals surface area (Å²) >= 11 is 6.25. The second-order valence-electron chi connectivity index (χ2n) is 6.23. The fraction of sp³-hybridized carbons (Fsp3) is 0.786. The van der Waals surface area contributed by atoms with Gasteiger partial charge in [0.2, 0.25) is 0 Å². The van der Waals surface area contributed by atoms with Crippen LogP contribution in [0.2, 0.25) is 5.15 Å². The summed E-state index contributed by atoms with van der Waals surface area (Å²) < 4.78 is 11.6. The lowest BCUT2D eigenvalue weighted by molar-refractivity contribution is -0.150. The SMILES string of the molecule is Clc1n[nH]c(C2CC2)c1CN1CCC2(COCCO2)C1. The summed E-state index contributed by atoms with van der Waals surface area (Å²) in [6.07, 6.45) is 3.56. The molecular formula is C14H20ClN3O2. The van der Waals surface area contributed by atoms with Gasteiger partial charge in [0, 0.05) is 36.8 Å². The summed E-state index contributed by atoms with van der Waals surface area (Å²) in [5.74, 6) is 0.649. The first-order valence-electron chi connectivity index (χ1n) is 7.42. The molecule has 0 radical (unpaired) electrons. The van der Waals surface area contributed by atoms with Gasteiger partial charge in [-0.15, -0.1) is 0 Å². The molecule has 1 atom stereocenters. The van der Waals surface area contributed by atoms with Crippen molar-refractivity contribution in [2.45, 2.75) is 37.3 Å². The number of rotatable bonds is 3. The molecule has 110 valence electrons. The van der Waals surface area contributed by atoms with Crippen LogP contribution in [0.15, 0.2) is 0 Å². The molecule has 0 aromatic carbocycles. The predicted molar refractivity (Wildman–Crippen MR) is 75.0 cm³/mol. The molecule has 4 rings (SSSR count). The van der Waals surface area contributed by atoms with E-state index in [0.29, 0.717) is 17.7 Å². The molecule has 5 nitrogen and oxygen atoms in total. The Kier molecular flexibility index (Phi) is 3.26. The maximum absolute atomic E-state index is 6.25. The van der Waals surface area contributed by atoms with Crippen LogP contribution in [0.25, 0.3) is 0 Å². The molecule has 1 spiro atoms. The zero-order valence-corrected chi connectivity index (χ0v) is 12.3. The number of aromatic amines is 1. The van der Waals surface area contributed by atoms with Gasteiger partial charge in [0.25, 0.3) is 0 Å². The Labute approximate surface area is 123 Å². The molecule has 3 heterocycles. The molecule has 1 aromatic rings. The van der Waals surface area contributed by atoms with Crippen molar-refractivity contribution in [3.05, 3.63) is 16.4 Å². The molecule has 3 fully saturated rings. The molecule has 3 aliphatic rings. The standard InChI is InChI=1S/C14H20ClN3O2/c15-13-11(12(16-17-13)10-1-2-10)7-18-4-3-14(8-18)9-19-5-6-20-14/h10H,1-9H2,(H,16,17). The summed E-state index contributed by atoms with van der Waals surface area (Å²) in [5, 5.41) is 7.93. The number of nitrogens with zero attached hydrogens (tertiary/aromatic N) is 2. The molecular weight excluding hydrogens is 278 g/mol. The molecule has 0 bridgehead atoms. The smallest absolute Gasteiger partial charge is 0.155 e. The average Bonchev–Trinajstić information content (AvgIpc) is 3.15. The summed E-state index contributed by atoms with van der Waals surface area (Å²) in [5.41, 5.74) is 2.34. The molecule has 1 aromatic heterocycles. The fourth-order valence-electron chi connectivity index (χ4n) is 3.35. The van der Waals surface area contributed by atoms with Crippen LogP contribution in [0.1, 0.15) is 36.4 Å². The highest BCUT2D eigenvalue weighted by Gasteiger charge is 2.41. The lowest BCUT2D eigenvalue weighted by Gasteiger charge is -2.33. The van der Waals surface area contributed by atoms with Crippen LogP contribution in [0.5, 0.6) is 0 Å². The number of nitrogens with one attached hydrogen (secondary N) is 1. The third-order valence-electron chi connectivity index (χ3n) is 4.61. The molecule has 1 aliphatic carbocycles. The zero-order chi connectivity index (χ0) is 13.6. The lowest BCUT2D eigenvalue weighted by Crippen LogP contribution is -2.45. The average molecular weight is 298 g/mol. The Morgan fingerprint density at radius 3 is 3.05 bits per heavy atom. The zero-order valence-electron chi connectivity index (χ0n) is 11.5. The van der Waals surface area contributed by atoms with Crippen molar-refractivity contribution in [2.24, 2.45) is 0 Å². The van der Waals surface area contributed by atoms with Gasteiger partial charge in [-0.25, -0.2) is 0 Å². The minimum Gasteiger partial charge on any atom is -0.376 e. The highest BCUT2D eigenvalue weighted by atomic mass is 35.5. The number of hydrogen-bond donors (Lipinski definition) is 1. The number of ether oxygens (including phenoxy) is 2. The van der Waals surface area contributed by atoms with E-state index in [9.17, 15) is 0 Å². The molecule has 20 heavy (non-hydrogen) atoms. The summed E-state index contributed by atoms with van der Waals surface area (Å²) in [4.78, 5) is 2.41. The summed E-state index contributed by atoms with van der Waals surface area (Å²) in [7, 11) is 0. The monoisotopic (exact) mass is 297 g/mol. The van der Waals surface area contributed by atoms with E-state index in [1.54, 1.807) is 0 Å². The Balaban J connectivity index is 1.46. The van der Waals surface area contributed by atoms with Gasteiger partial charge >= 0.3 is 0 Å². The molecule has 1 N–H and O–H groups in total. The van der Waals surface area contributed by atoms with Gasteiger partial charge in [-0.2, -0.15) is 5.10 Å².